The fourth-order valence-electron chi connectivity index (χ4n) is 10.3. The first kappa shape index (κ1) is 36.9. The fourth-order valence-corrected chi connectivity index (χ4v) is 23.4. The maximum absolute atomic E-state index is 2.63. The van der Waals surface area contributed by atoms with Crippen LogP contribution in [0.4, 0.5) is 34.1 Å². The molecule has 8 aromatic rings. The zero-order chi connectivity index (χ0) is 39.7. The van der Waals surface area contributed by atoms with Crippen LogP contribution in [0, 0.1) is 13.8 Å². The highest BCUT2D eigenvalue weighted by Crippen LogP contribution is 2.60. The molecule has 0 amide bonds. The maximum Gasteiger partial charge on any atom is 0.0579 e. The molecule has 0 heterocycles. The number of fused-ring (bicyclic) bond motifs is 6. The van der Waals surface area contributed by atoms with Crippen LogP contribution in [-0.2, 0) is 4.66 Å². The average molecular weight is 773 g/mol. The number of hydrogen-bond acceptors (Lipinski definition) is 2. The van der Waals surface area contributed by atoms with Crippen LogP contribution in [0.2, 0.25) is 39.3 Å². The molecule has 9 rings (SSSR count). The van der Waals surface area contributed by atoms with E-state index in [1.54, 1.807) is 11.1 Å². The molecule has 4 heteroatoms. The third-order valence-corrected chi connectivity index (χ3v) is 22.5. The van der Waals surface area contributed by atoms with E-state index in [0.717, 1.165) is 22.7 Å². The third kappa shape index (κ3) is 6.05. The minimum Gasteiger partial charge on any atom is -0.310 e. The SMILES string of the molecule is Cc1ccc(N(c2ccccc2)c2ccc3cc4c(cc3c2)C([Si](C)(C)C)([Si](C)(C)C)c2c-4ccc3cc(N(c4ccccc4)c4ccc(C)cc4)ccc23)cc1. The predicted octanol–water partition coefficient (Wildman–Crippen LogP) is 15.6. The summed E-state index contributed by atoms with van der Waals surface area (Å²) in [5.41, 5.74) is 15.5. The molecule has 0 spiro atoms. The van der Waals surface area contributed by atoms with Crippen molar-refractivity contribution in [1.82, 2.24) is 0 Å². The molecule has 0 saturated carbocycles. The Morgan fingerprint density at radius 2 is 0.807 bits per heavy atom. The molecule has 282 valence electrons. The highest BCUT2D eigenvalue weighted by atomic mass is 28.4. The molecule has 1 aliphatic rings. The largest absolute Gasteiger partial charge is 0.310 e. The quantitative estimate of drug-likeness (QED) is 0.142. The molecule has 0 atom stereocenters. The highest BCUT2D eigenvalue weighted by Gasteiger charge is 2.59. The van der Waals surface area contributed by atoms with Gasteiger partial charge in [0.05, 0.1) is 16.1 Å². The van der Waals surface area contributed by atoms with E-state index in [1.807, 2.05) is 0 Å². The Hall–Kier alpha value is -5.69. The molecule has 0 fully saturated rings. The molecule has 1 aliphatic carbocycles. The molecule has 0 bridgehead atoms. The Balaban J connectivity index is 1.25. The summed E-state index contributed by atoms with van der Waals surface area (Å²) in [4.78, 5) is 4.79. The van der Waals surface area contributed by atoms with Crippen LogP contribution in [0.25, 0.3) is 32.7 Å². The Labute approximate surface area is 341 Å². The molecular formula is C53H52N2Si2. The van der Waals surface area contributed by atoms with Crippen LogP contribution >= 0.6 is 0 Å². The van der Waals surface area contributed by atoms with Gasteiger partial charge in [-0.3, -0.25) is 0 Å². The summed E-state index contributed by atoms with van der Waals surface area (Å²) in [5, 5.41) is 5.29. The molecule has 57 heavy (non-hydrogen) atoms. The fraction of sp³-hybridized carbons (Fsp3) is 0.170. The van der Waals surface area contributed by atoms with Crippen molar-refractivity contribution >= 4 is 71.8 Å². The minimum absolute atomic E-state index is 0.0119. The van der Waals surface area contributed by atoms with E-state index in [0.29, 0.717) is 0 Å². The van der Waals surface area contributed by atoms with Gasteiger partial charge in [-0.15, -0.1) is 0 Å². The minimum atomic E-state index is -1.97. The van der Waals surface area contributed by atoms with Gasteiger partial charge in [-0.2, -0.15) is 0 Å². The zero-order valence-electron chi connectivity index (χ0n) is 34.6. The molecule has 0 N–H and O–H groups in total. The van der Waals surface area contributed by atoms with Crippen LogP contribution in [0.5, 0.6) is 0 Å². The topological polar surface area (TPSA) is 6.48 Å². The van der Waals surface area contributed by atoms with Gasteiger partial charge in [0.25, 0.3) is 0 Å². The van der Waals surface area contributed by atoms with Crippen LogP contribution in [-0.4, -0.2) is 16.1 Å². The van der Waals surface area contributed by atoms with Gasteiger partial charge in [0, 0.05) is 38.8 Å². The van der Waals surface area contributed by atoms with Crippen molar-refractivity contribution in [2.24, 2.45) is 0 Å². The number of para-hydroxylation sites is 2. The van der Waals surface area contributed by atoms with Gasteiger partial charge in [-0.1, -0.05) is 141 Å². The first-order valence-electron chi connectivity index (χ1n) is 20.3. The van der Waals surface area contributed by atoms with E-state index in [1.165, 1.54) is 55.2 Å². The van der Waals surface area contributed by atoms with Gasteiger partial charge in [0.2, 0.25) is 0 Å². The van der Waals surface area contributed by atoms with Gasteiger partial charge in [-0.05, 0) is 137 Å². The van der Waals surface area contributed by atoms with Crippen molar-refractivity contribution < 1.29 is 0 Å². The summed E-state index contributed by atoms with van der Waals surface area (Å²) < 4.78 is -0.0119. The lowest BCUT2D eigenvalue weighted by Gasteiger charge is -2.51. The van der Waals surface area contributed by atoms with Crippen molar-refractivity contribution in [2.45, 2.75) is 57.8 Å². The van der Waals surface area contributed by atoms with E-state index in [-0.39, 0.29) is 4.66 Å². The number of rotatable bonds is 8. The lowest BCUT2D eigenvalue weighted by atomic mass is 9.97. The normalized spacial score (nSPS) is 13.4. The second-order valence-corrected chi connectivity index (χ2v) is 29.1. The van der Waals surface area contributed by atoms with Crippen molar-refractivity contribution in [1.29, 1.82) is 0 Å². The Morgan fingerprint density at radius 1 is 0.368 bits per heavy atom. The lowest BCUT2D eigenvalue weighted by Crippen LogP contribution is -2.63. The summed E-state index contributed by atoms with van der Waals surface area (Å²) in [6.45, 7) is 20.1. The lowest BCUT2D eigenvalue weighted by molar-refractivity contribution is 0.964. The molecule has 0 aliphatic heterocycles. The summed E-state index contributed by atoms with van der Waals surface area (Å²) in [5.74, 6) is 0. The first-order valence-corrected chi connectivity index (χ1v) is 27.3. The van der Waals surface area contributed by atoms with Gasteiger partial charge < -0.3 is 9.80 Å². The third-order valence-electron chi connectivity index (χ3n) is 12.4. The maximum atomic E-state index is 2.63. The second kappa shape index (κ2) is 13.8. The highest BCUT2D eigenvalue weighted by molar-refractivity contribution is 7.00. The van der Waals surface area contributed by atoms with Crippen LogP contribution in [0.15, 0.2) is 170 Å². The van der Waals surface area contributed by atoms with Gasteiger partial charge in [0.15, 0.2) is 0 Å². The Morgan fingerprint density at radius 3 is 1.32 bits per heavy atom. The van der Waals surface area contributed by atoms with Crippen molar-refractivity contribution in [3.63, 3.8) is 0 Å². The van der Waals surface area contributed by atoms with Crippen molar-refractivity contribution in [2.75, 3.05) is 9.80 Å². The molecule has 8 aromatic carbocycles. The zero-order valence-corrected chi connectivity index (χ0v) is 36.6. The molecule has 0 saturated heterocycles. The Kier molecular flexibility index (Phi) is 8.91. The van der Waals surface area contributed by atoms with Crippen LogP contribution in [0.3, 0.4) is 0 Å². The molecule has 0 unspecified atom stereocenters. The number of nitrogens with zero attached hydrogens (tertiary/aromatic N) is 2. The summed E-state index contributed by atoms with van der Waals surface area (Å²) >= 11 is 0. The monoisotopic (exact) mass is 772 g/mol. The van der Waals surface area contributed by atoms with Crippen LogP contribution < -0.4 is 9.80 Å². The molecular weight excluding hydrogens is 721 g/mol. The summed E-state index contributed by atoms with van der Waals surface area (Å²) in [6.07, 6.45) is 0. The average Bonchev–Trinajstić information content (AvgIpc) is 3.51. The van der Waals surface area contributed by atoms with E-state index in [9.17, 15) is 0 Å². The smallest absolute Gasteiger partial charge is 0.0579 e. The van der Waals surface area contributed by atoms with Gasteiger partial charge in [-0.25, -0.2) is 0 Å². The summed E-state index contributed by atoms with van der Waals surface area (Å²) in [6, 6.07) is 63.6. The number of aryl methyl sites for hydroxylation is 2. The van der Waals surface area contributed by atoms with Crippen molar-refractivity contribution in [3.8, 4) is 11.1 Å². The molecule has 2 nitrogen and oxygen atoms in total. The second-order valence-electron chi connectivity index (χ2n) is 18.1. The first-order chi connectivity index (χ1) is 27.3. The van der Waals surface area contributed by atoms with E-state index < -0.39 is 16.1 Å². The van der Waals surface area contributed by atoms with E-state index in [4.69, 9.17) is 0 Å². The predicted molar refractivity (Wildman–Crippen MR) is 253 cm³/mol. The number of benzene rings is 8. The molecule has 0 radical (unpaired) electrons. The van der Waals surface area contributed by atoms with Gasteiger partial charge in [0.1, 0.15) is 0 Å². The summed E-state index contributed by atoms with van der Waals surface area (Å²) in [7, 11) is -3.94. The van der Waals surface area contributed by atoms with Crippen molar-refractivity contribution in [3.05, 3.63) is 192 Å². The van der Waals surface area contributed by atoms with E-state index >= 15 is 0 Å². The van der Waals surface area contributed by atoms with Gasteiger partial charge >= 0.3 is 0 Å². The molecule has 0 aromatic heterocycles. The number of anilines is 6. The van der Waals surface area contributed by atoms with E-state index in [2.05, 4.69) is 233 Å². The number of hydrogen-bond donors (Lipinski definition) is 0. The Bertz CT molecular complexity index is 2750. The van der Waals surface area contributed by atoms with Crippen LogP contribution in [0.1, 0.15) is 22.3 Å². The standard InChI is InChI=1S/C53H52N2Si2/c1-37-19-25-44(26-20-37)54(42-15-11-9-12-16-42)46-29-23-39-35-50-49-31-24-40-33-47(55(43-17-13-10-14-18-43)45-27-21-38(2)22-28-45)30-32-48(40)52(49)53(56(3,4)5,57(6,7)8)51(50)36-41(39)34-46/h9-36H,1-8H3.